The zero-order valence-corrected chi connectivity index (χ0v) is 9.43. The quantitative estimate of drug-likeness (QED) is 0.345. The Morgan fingerprint density at radius 1 is 0.900 bits per heavy atom. The van der Waals surface area contributed by atoms with Crippen molar-refractivity contribution in [2.75, 3.05) is 0 Å². The fourth-order valence-electron chi connectivity index (χ4n) is 1.27. The topological polar surface area (TPSA) is 184 Å². The van der Waals surface area contributed by atoms with Crippen LogP contribution < -0.4 is 0 Å². The second kappa shape index (κ2) is 6.19. The van der Waals surface area contributed by atoms with Gasteiger partial charge in [0.2, 0.25) is 0 Å². The van der Waals surface area contributed by atoms with Crippen molar-refractivity contribution in [3.05, 3.63) is 42.5 Å². The monoisotopic (exact) mass is 317 g/mol. The summed E-state index contributed by atoms with van der Waals surface area (Å²) in [6.45, 7) is 0. The molecule has 1 aromatic carbocycles. The van der Waals surface area contributed by atoms with E-state index >= 15 is 0 Å². The first-order valence-electron chi connectivity index (χ1n) is 4.15. The molecule has 104 valence electrons. The average molecular weight is 317 g/mol. The summed E-state index contributed by atoms with van der Waals surface area (Å²) in [4.78, 5) is 25.9. The summed E-state index contributed by atoms with van der Waals surface area (Å²) in [7, 11) is -5.40. The van der Waals surface area contributed by atoms with Gasteiger partial charge >= 0.3 is 51.1 Å². The van der Waals surface area contributed by atoms with Crippen LogP contribution in [0.25, 0.3) is 0 Å². The standard InChI is InChI=1S/C6H3N3O9S.Na.H/c10-7(11)3-1-2-4(8(12)13)6(19(16,17)18)5(3)9(14)15;;/h1-2H,(H,16,17,18);;. The predicted octanol–water partition coefficient (Wildman–Crippen LogP) is 0.00940. The molecule has 0 heterocycles. The Morgan fingerprint density at radius 2 is 1.30 bits per heavy atom. The molecule has 0 saturated carbocycles. The first-order valence-corrected chi connectivity index (χ1v) is 5.59. The number of nitro benzene ring substituents is 3. The first kappa shape index (κ1) is 18.3. The molecule has 0 unspecified atom stereocenters. The number of nitro groups is 3. The number of rotatable bonds is 4. The molecule has 1 rings (SSSR count). The summed E-state index contributed by atoms with van der Waals surface area (Å²) >= 11 is 0. The molecule has 0 aliphatic heterocycles. The molecule has 20 heavy (non-hydrogen) atoms. The summed E-state index contributed by atoms with van der Waals surface area (Å²) in [6, 6.07) is 0.791. The van der Waals surface area contributed by atoms with Crippen molar-refractivity contribution in [2.24, 2.45) is 0 Å². The van der Waals surface area contributed by atoms with Crippen molar-refractivity contribution >= 4 is 56.7 Å². The second-order valence-corrected chi connectivity index (χ2v) is 4.39. The molecule has 12 nitrogen and oxygen atoms in total. The van der Waals surface area contributed by atoms with E-state index in [1.54, 1.807) is 0 Å². The molecule has 0 bridgehead atoms. The fraction of sp³-hybridized carbons (Fsp3) is 0. The Morgan fingerprint density at radius 3 is 1.60 bits per heavy atom. The number of nitrogens with zero attached hydrogens (tertiary/aromatic N) is 3. The molecule has 0 atom stereocenters. The molecule has 0 aromatic heterocycles. The third kappa shape index (κ3) is 3.45. The summed E-state index contributed by atoms with van der Waals surface area (Å²) in [6.07, 6.45) is 0. The minimum atomic E-state index is -5.40. The van der Waals surface area contributed by atoms with Gasteiger partial charge in [-0.3, -0.25) is 34.9 Å². The number of benzene rings is 1. The maximum atomic E-state index is 11.0. The van der Waals surface area contributed by atoms with Crippen LogP contribution in [0.2, 0.25) is 0 Å². The zero-order valence-electron chi connectivity index (χ0n) is 8.62. The maximum absolute atomic E-state index is 11.0. The van der Waals surface area contributed by atoms with E-state index in [1.807, 2.05) is 0 Å². The van der Waals surface area contributed by atoms with Gasteiger partial charge in [0.15, 0.2) is 0 Å². The molecule has 0 amide bonds. The SMILES string of the molecule is O=[N+]([O-])c1ccc([N+](=O)[O-])c(S(=O)(=O)O)c1[N+](=O)[O-].[NaH]. The van der Waals surface area contributed by atoms with Gasteiger partial charge in [-0.05, 0) is 0 Å². The molecule has 14 heteroatoms. The Kier molecular flexibility index (Phi) is 5.67. The Labute approximate surface area is 131 Å². The Hall–Kier alpha value is -1.67. The molecule has 0 radical (unpaired) electrons. The van der Waals surface area contributed by atoms with Crippen molar-refractivity contribution in [1.82, 2.24) is 0 Å². The first-order chi connectivity index (χ1) is 8.57. The van der Waals surface area contributed by atoms with Crippen molar-refractivity contribution in [3.8, 4) is 0 Å². The molecule has 0 spiro atoms. The summed E-state index contributed by atoms with van der Waals surface area (Å²) in [5.74, 6) is 0. The Bertz CT molecular complexity index is 700. The molecule has 1 aromatic rings. The zero-order chi connectivity index (χ0) is 15.0. The predicted molar refractivity (Wildman–Crippen MR) is 63.4 cm³/mol. The van der Waals surface area contributed by atoms with Gasteiger partial charge in [-0.1, -0.05) is 0 Å². The van der Waals surface area contributed by atoms with Crippen molar-refractivity contribution in [3.63, 3.8) is 0 Å². The number of hydrogen-bond acceptors (Lipinski definition) is 8. The molecule has 0 saturated heterocycles. The summed E-state index contributed by atoms with van der Waals surface area (Å²) < 4.78 is 30.8. The van der Waals surface area contributed by atoms with Crippen LogP contribution in [0, 0.1) is 30.3 Å². The van der Waals surface area contributed by atoms with E-state index in [9.17, 15) is 38.8 Å². The van der Waals surface area contributed by atoms with Gasteiger partial charge in [-0.2, -0.15) is 8.42 Å². The molecular weight excluding hydrogens is 313 g/mol. The van der Waals surface area contributed by atoms with E-state index in [4.69, 9.17) is 4.55 Å². The average Bonchev–Trinajstić information content (AvgIpc) is 2.25. The van der Waals surface area contributed by atoms with E-state index < -0.39 is 46.8 Å². The Balaban J connectivity index is 0.00000361. The van der Waals surface area contributed by atoms with Crippen LogP contribution in [0.5, 0.6) is 0 Å². The molecule has 0 aliphatic rings. The van der Waals surface area contributed by atoms with Crippen molar-refractivity contribution in [2.45, 2.75) is 4.90 Å². The van der Waals surface area contributed by atoms with Gasteiger partial charge < -0.3 is 0 Å². The van der Waals surface area contributed by atoms with Crippen LogP contribution in [-0.2, 0) is 10.1 Å². The van der Waals surface area contributed by atoms with Crippen LogP contribution in [0.1, 0.15) is 0 Å². The van der Waals surface area contributed by atoms with Crippen LogP contribution in [0.15, 0.2) is 17.0 Å². The van der Waals surface area contributed by atoms with Crippen LogP contribution in [0.4, 0.5) is 17.1 Å². The van der Waals surface area contributed by atoms with Crippen LogP contribution in [0.3, 0.4) is 0 Å². The van der Waals surface area contributed by atoms with Gasteiger partial charge in [0.1, 0.15) is 0 Å². The fourth-order valence-corrected chi connectivity index (χ4v) is 2.10. The summed E-state index contributed by atoms with van der Waals surface area (Å²) in [5.41, 5.74) is -4.29. The van der Waals surface area contributed by atoms with E-state index in [-0.39, 0.29) is 29.6 Å². The van der Waals surface area contributed by atoms with E-state index in [1.165, 1.54) is 0 Å². The van der Waals surface area contributed by atoms with Crippen molar-refractivity contribution in [1.29, 1.82) is 0 Å². The van der Waals surface area contributed by atoms with E-state index in [2.05, 4.69) is 0 Å². The van der Waals surface area contributed by atoms with Gasteiger partial charge in [-0.15, -0.1) is 0 Å². The normalized spacial score (nSPS) is 10.4. The van der Waals surface area contributed by atoms with Gasteiger partial charge in [0, 0.05) is 12.1 Å². The summed E-state index contributed by atoms with van der Waals surface area (Å²) in [5, 5.41) is 31.8. The van der Waals surface area contributed by atoms with E-state index in [0.29, 0.717) is 12.1 Å². The third-order valence-electron chi connectivity index (χ3n) is 1.92. The molecule has 0 aliphatic carbocycles. The van der Waals surface area contributed by atoms with Gasteiger partial charge in [0.05, 0.1) is 14.8 Å². The minimum absolute atomic E-state index is 0. The van der Waals surface area contributed by atoms with Gasteiger partial charge in [0.25, 0.3) is 10.6 Å². The number of hydrogen-bond donors (Lipinski definition) is 1. The molecular formula is C6H4N3NaO9S. The van der Waals surface area contributed by atoms with Gasteiger partial charge in [-0.25, -0.2) is 0 Å². The second-order valence-electron chi connectivity index (χ2n) is 3.03. The third-order valence-corrected chi connectivity index (χ3v) is 2.84. The van der Waals surface area contributed by atoms with Crippen LogP contribution in [-0.4, -0.2) is 57.3 Å². The van der Waals surface area contributed by atoms with Crippen molar-refractivity contribution < 1.29 is 27.7 Å². The van der Waals surface area contributed by atoms with Crippen LogP contribution >= 0.6 is 0 Å². The molecule has 0 fully saturated rings. The molecule has 1 N–H and O–H groups in total. The van der Waals surface area contributed by atoms with E-state index in [0.717, 1.165) is 0 Å².